The van der Waals surface area contributed by atoms with Crippen LogP contribution in [-0.2, 0) is 16.6 Å². The molecule has 1 atom stereocenters. The molecule has 1 aromatic rings. The number of sulfonamides is 1. The lowest BCUT2D eigenvalue weighted by molar-refractivity contribution is 0.280. The monoisotopic (exact) mass is 335 g/mol. The summed E-state index contributed by atoms with van der Waals surface area (Å²) >= 11 is 7.73. The molecular weight excluding hydrogens is 318 g/mol. The van der Waals surface area contributed by atoms with Crippen LogP contribution in [0.5, 0.6) is 0 Å². The van der Waals surface area contributed by atoms with E-state index in [1.165, 1.54) is 6.07 Å². The van der Waals surface area contributed by atoms with Crippen molar-refractivity contribution in [2.75, 3.05) is 12.3 Å². The Balaban J connectivity index is 2.22. The van der Waals surface area contributed by atoms with Gasteiger partial charge >= 0.3 is 0 Å². The fraction of sp³-hybridized carbons (Fsp3) is 0.538. The van der Waals surface area contributed by atoms with Crippen LogP contribution in [0.3, 0.4) is 0 Å². The van der Waals surface area contributed by atoms with Crippen LogP contribution in [0.2, 0.25) is 5.02 Å². The highest BCUT2D eigenvalue weighted by Gasteiger charge is 2.22. The number of halogens is 1. The second kappa shape index (κ2) is 6.66. The molecule has 2 N–H and O–H groups in total. The first kappa shape index (κ1) is 16.1. The van der Waals surface area contributed by atoms with Gasteiger partial charge in [0.15, 0.2) is 0 Å². The molecule has 1 aliphatic rings. The van der Waals surface area contributed by atoms with Gasteiger partial charge in [0.05, 0.1) is 11.5 Å². The lowest BCUT2D eigenvalue weighted by atomic mass is 10.1. The van der Waals surface area contributed by atoms with Crippen molar-refractivity contribution in [3.05, 3.63) is 28.3 Å². The number of hydrogen-bond donors (Lipinski definition) is 2. The van der Waals surface area contributed by atoms with Crippen LogP contribution < -0.4 is 4.72 Å². The molecule has 2 rings (SSSR count). The van der Waals surface area contributed by atoms with Gasteiger partial charge in [-0.15, -0.1) is 0 Å². The fourth-order valence-electron chi connectivity index (χ4n) is 2.24. The summed E-state index contributed by atoms with van der Waals surface area (Å²) in [5.74, 6) is 1.09. The first-order valence-corrected chi connectivity index (χ1v) is 9.36. The van der Waals surface area contributed by atoms with Crippen molar-refractivity contribution in [2.24, 2.45) is 0 Å². The van der Waals surface area contributed by atoms with Crippen LogP contribution >= 0.6 is 23.4 Å². The molecule has 0 radical (unpaired) electrons. The Hall–Kier alpha value is -0.270. The zero-order chi connectivity index (χ0) is 14.8. The van der Waals surface area contributed by atoms with Gasteiger partial charge in [-0.05, 0) is 48.8 Å². The number of thioether (sulfide) groups is 1. The van der Waals surface area contributed by atoms with Gasteiger partial charge in [-0.25, -0.2) is 13.1 Å². The second-order valence-corrected chi connectivity index (χ2v) is 8.41. The summed E-state index contributed by atoms with van der Waals surface area (Å²) in [7, 11) is -3.59. The predicted molar refractivity (Wildman–Crippen MR) is 82.8 cm³/mol. The third-order valence-electron chi connectivity index (χ3n) is 3.42. The molecule has 0 amide bonds. The lowest BCUT2D eigenvalue weighted by Crippen LogP contribution is -2.30. The number of rotatable bonds is 5. The van der Waals surface area contributed by atoms with Crippen LogP contribution in [0.1, 0.15) is 24.0 Å². The van der Waals surface area contributed by atoms with Gasteiger partial charge in [0.2, 0.25) is 10.0 Å². The molecule has 0 spiro atoms. The minimum atomic E-state index is -3.59. The normalized spacial score (nSPS) is 19.4. The summed E-state index contributed by atoms with van der Waals surface area (Å²) < 4.78 is 27.4. The third kappa shape index (κ3) is 3.68. The number of aliphatic hydroxyl groups excluding tert-OH is 1. The maximum absolute atomic E-state index is 12.4. The maximum Gasteiger partial charge on any atom is 0.240 e. The maximum atomic E-state index is 12.4. The molecule has 0 saturated carbocycles. The highest BCUT2D eigenvalue weighted by Crippen LogP contribution is 2.27. The molecule has 1 aliphatic heterocycles. The standard InChI is InChI=1S/C13H18ClNO3S2/c1-9-10(8-16)5-11(14)6-13(9)20(17,18)15-7-12-3-2-4-19-12/h5-6,12,15-16H,2-4,7-8H2,1H3. The molecule has 20 heavy (non-hydrogen) atoms. The summed E-state index contributed by atoms with van der Waals surface area (Å²) in [6, 6.07) is 3.02. The molecule has 0 aromatic heterocycles. The van der Waals surface area contributed by atoms with E-state index in [1.54, 1.807) is 24.8 Å². The Bertz CT molecular complexity index is 584. The van der Waals surface area contributed by atoms with Crippen molar-refractivity contribution in [1.82, 2.24) is 4.72 Å². The summed E-state index contributed by atoms with van der Waals surface area (Å²) in [5.41, 5.74) is 1.08. The molecule has 4 nitrogen and oxygen atoms in total. The molecule has 0 bridgehead atoms. The van der Waals surface area contributed by atoms with Gasteiger partial charge in [-0.2, -0.15) is 11.8 Å². The van der Waals surface area contributed by atoms with Gasteiger partial charge in [-0.1, -0.05) is 11.6 Å². The molecule has 7 heteroatoms. The van der Waals surface area contributed by atoms with Crippen LogP contribution in [0, 0.1) is 6.92 Å². The first-order valence-electron chi connectivity index (χ1n) is 6.45. The van der Waals surface area contributed by atoms with Crippen LogP contribution in [0.25, 0.3) is 0 Å². The molecule has 1 aromatic carbocycles. The minimum Gasteiger partial charge on any atom is -0.392 e. The first-order chi connectivity index (χ1) is 9.44. The molecule has 1 fully saturated rings. The molecule has 1 unspecified atom stereocenters. The summed E-state index contributed by atoms with van der Waals surface area (Å²) in [6.07, 6.45) is 2.19. The van der Waals surface area contributed by atoms with E-state index < -0.39 is 10.0 Å². The van der Waals surface area contributed by atoms with Crippen molar-refractivity contribution in [2.45, 2.75) is 36.5 Å². The van der Waals surface area contributed by atoms with E-state index in [0.29, 0.717) is 27.9 Å². The highest BCUT2D eigenvalue weighted by molar-refractivity contribution is 8.00. The average Bonchev–Trinajstić information content (AvgIpc) is 2.92. The molecule has 1 heterocycles. The quantitative estimate of drug-likeness (QED) is 0.866. The van der Waals surface area contributed by atoms with Crippen LogP contribution in [-0.4, -0.2) is 31.1 Å². The van der Waals surface area contributed by atoms with Crippen molar-refractivity contribution in [3.63, 3.8) is 0 Å². The van der Waals surface area contributed by atoms with Gasteiger partial charge < -0.3 is 5.11 Å². The second-order valence-electron chi connectivity index (χ2n) is 4.83. The van der Waals surface area contributed by atoms with Gasteiger partial charge in [-0.3, -0.25) is 0 Å². The number of hydrogen-bond acceptors (Lipinski definition) is 4. The third-order valence-corrected chi connectivity index (χ3v) is 6.58. The van der Waals surface area contributed by atoms with Gasteiger partial charge in [0.1, 0.15) is 0 Å². The van der Waals surface area contributed by atoms with Crippen molar-refractivity contribution >= 4 is 33.4 Å². The van der Waals surface area contributed by atoms with Crippen molar-refractivity contribution < 1.29 is 13.5 Å². The summed E-state index contributed by atoms with van der Waals surface area (Å²) in [6.45, 7) is 1.89. The van der Waals surface area contributed by atoms with Gasteiger partial charge in [0, 0.05) is 16.8 Å². The van der Waals surface area contributed by atoms with E-state index in [9.17, 15) is 13.5 Å². The Labute approximate surface area is 129 Å². The zero-order valence-corrected chi connectivity index (χ0v) is 13.6. The van der Waals surface area contributed by atoms with Crippen molar-refractivity contribution in [1.29, 1.82) is 0 Å². The van der Waals surface area contributed by atoms with E-state index in [1.807, 2.05) is 0 Å². The Morgan fingerprint density at radius 2 is 2.25 bits per heavy atom. The Morgan fingerprint density at radius 1 is 1.50 bits per heavy atom. The van der Waals surface area contributed by atoms with Crippen LogP contribution in [0.4, 0.5) is 0 Å². The predicted octanol–water partition coefficient (Wildman–Crippen LogP) is 2.31. The Morgan fingerprint density at radius 3 is 2.85 bits per heavy atom. The zero-order valence-electron chi connectivity index (χ0n) is 11.2. The molecule has 0 aliphatic carbocycles. The lowest BCUT2D eigenvalue weighted by Gasteiger charge is -2.14. The highest BCUT2D eigenvalue weighted by atomic mass is 35.5. The van der Waals surface area contributed by atoms with E-state index in [2.05, 4.69) is 4.72 Å². The minimum absolute atomic E-state index is 0.150. The molecular formula is C13H18ClNO3S2. The van der Waals surface area contributed by atoms with Crippen molar-refractivity contribution in [3.8, 4) is 0 Å². The largest absolute Gasteiger partial charge is 0.392 e. The molecule has 1 saturated heterocycles. The van der Waals surface area contributed by atoms with Crippen LogP contribution in [0.15, 0.2) is 17.0 Å². The average molecular weight is 336 g/mol. The molecule has 112 valence electrons. The fourth-order valence-corrected chi connectivity index (χ4v) is 5.24. The smallest absolute Gasteiger partial charge is 0.240 e. The number of aliphatic hydroxyl groups is 1. The van der Waals surface area contributed by atoms with E-state index >= 15 is 0 Å². The number of nitrogens with one attached hydrogen (secondary N) is 1. The number of benzene rings is 1. The summed E-state index contributed by atoms with van der Waals surface area (Å²) in [4.78, 5) is 0.150. The van der Waals surface area contributed by atoms with Gasteiger partial charge in [0.25, 0.3) is 0 Å². The SMILES string of the molecule is Cc1c(CO)cc(Cl)cc1S(=O)(=O)NCC1CCCS1. The van der Waals surface area contributed by atoms with E-state index in [0.717, 1.165) is 18.6 Å². The van der Waals surface area contributed by atoms with E-state index in [-0.39, 0.29) is 11.5 Å². The van der Waals surface area contributed by atoms with E-state index in [4.69, 9.17) is 11.6 Å². The summed E-state index contributed by atoms with van der Waals surface area (Å²) in [5, 5.41) is 9.92. The topological polar surface area (TPSA) is 66.4 Å². The Kier molecular flexibility index (Phi) is 5.36.